The van der Waals surface area contributed by atoms with Crippen LogP contribution in [-0.4, -0.2) is 40.8 Å². The van der Waals surface area contributed by atoms with E-state index >= 15 is 0 Å². The van der Waals surface area contributed by atoms with Gasteiger partial charge in [0.15, 0.2) is 5.78 Å². The summed E-state index contributed by atoms with van der Waals surface area (Å²) in [5.74, 6) is 8.41. The van der Waals surface area contributed by atoms with Crippen LogP contribution in [0.5, 0.6) is 0 Å². The fourth-order valence-corrected chi connectivity index (χ4v) is 9.09. The summed E-state index contributed by atoms with van der Waals surface area (Å²) < 4.78 is 5.05. The molecule has 5 heteroatoms. The van der Waals surface area contributed by atoms with Crippen LogP contribution in [-0.2, 0) is 9.53 Å². The second-order valence-corrected chi connectivity index (χ2v) is 12.7. The number of hydrogen-bond donors (Lipinski definition) is 2. The van der Waals surface area contributed by atoms with Gasteiger partial charge in [0.2, 0.25) is 0 Å². The van der Waals surface area contributed by atoms with Crippen LogP contribution in [0.3, 0.4) is 0 Å². The van der Waals surface area contributed by atoms with Gasteiger partial charge in [-0.25, -0.2) is 4.79 Å². The summed E-state index contributed by atoms with van der Waals surface area (Å²) >= 11 is 0. The number of ether oxygens (including phenoxy) is 1. The van der Waals surface area contributed by atoms with E-state index in [0.717, 1.165) is 44.1 Å². The van der Waals surface area contributed by atoms with Gasteiger partial charge in [-0.15, -0.1) is 0 Å². The van der Waals surface area contributed by atoms with Crippen molar-refractivity contribution in [3.63, 3.8) is 0 Å². The molecule has 4 aliphatic rings. The number of carbonyl (C=O) groups excluding carboxylic acids is 2. The van der Waals surface area contributed by atoms with E-state index in [1.807, 2.05) is 12.1 Å². The van der Waals surface area contributed by atoms with Crippen molar-refractivity contribution in [2.45, 2.75) is 84.2 Å². The van der Waals surface area contributed by atoms with Gasteiger partial charge in [-0.2, -0.15) is 0 Å². The highest BCUT2D eigenvalue weighted by atomic mass is 16.5. The summed E-state index contributed by atoms with van der Waals surface area (Å²) in [5.41, 5.74) is 0.561. The Labute approximate surface area is 221 Å². The smallest absolute Gasteiger partial charge is 0.338 e. The van der Waals surface area contributed by atoms with Gasteiger partial charge in [0.05, 0.1) is 12.2 Å². The van der Waals surface area contributed by atoms with E-state index in [1.165, 1.54) is 6.42 Å². The van der Waals surface area contributed by atoms with E-state index in [9.17, 15) is 19.8 Å². The average Bonchev–Trinajstić information content (AvgIpc) is 3.25. The Balaban J connectivity index is 1.28. The van der Waals surface area contributed by atoms with Crippen molar-refractivity contribution < 1.29 is 24.5 Å². The molecule has 0 saturated heterocycles. The minimum absolute atomic E-state index is 0.0204. The minimum atomic E-state index is -0.980. The molecule has 0 amide bonds. The lowest BCUT2D eigenvalue weighted by molar-refractivity contribution is -0.146. The molecule has 4 fully saturated rings. The van der Waals surface area contributed by atoms with Crippen molar-refractivity contribution in [2.75, 3.05) is 13.2 Å². The lowest BCUT2D eigenvalue weighted by Crippen LogP contribution is -2.56. The van der Waals surface area contributed by atoms with Crippen molar-refractivity contribution in [1.82, 2.24) is 0 Å². The third-order valence-corrected chi connectivity index (χ3v) is 11.1. The standard InChI is InChI=1S/C32H42O5/c1-4-37-29(35)22-7-5-21(6-8-22)13-16-32(36)18-17-30(2)23(19-32)9-10-24-25-11-12-27(28(34)20-33)31(25,3)15-14-26(24)30/h5-8,23-27,33,36H,4,9-12,14-15,17-20H2,1-3H3/t23-,24+,25+,26+,27-,30+,31+,32-/m1/s1. The molecule has 200 valence electrons. The largest absolute Gasteiger partial charge is 0.462 e. The Morgan fingerprint density at radius 2 is 1.70 bits per heavy atom. The molecule has 0 unspecified atom stereocenters. The normalized spacial score (nSPS) is 40.4. The van der Waals surface area contributed by atoms with Crippen LogP contribution in [0.4, 0.5) is 0 Å². The van der Waals surface area contributed by atoms with Gasteiger partial charge in [0, 0.05) is 11.5 Å². The van der Waals surface area contributed by atoms with Crippen molar-refractivity contribution in [3.8, 4) is 11.8 Å². The topological polar surface area (TPSA) is 83.8 Å². The van der Waals surface area contributed by atoms with Crippen molar-refractivity contribution in [3.05, 3.63) is 35.4 Å². The fraction of sp³-hybridized carbons (Fsp3) is 0.688. The van der Waals surface area contributed by atoms with E-state index in [1.54, 1.807) is 19.1 Å². The van der Waals surface area contributed by atoms with Gasteiger partial charge in [0.1, 0.15) is 12.2 Å². The second-order valence-electron chi connectivity index (χ2n) is 12.7. The number of aliphatic hydroxyl groups excluding tert-OH is 1. The molecule has 1 aromatic rings. The zero-order chi connectivity index (χ0) is 26.4. The van der Waals surface area contributed by atoms with Crippen LogP contribution < -0.4 is 0 Å². The molecule has 1 aromatic carbocycles. The van der Waals surface area contributed by atoms with E-state index in [2.05, 4.69) is 25.7 Å². The molecule has 0 bridgehead atoms. The number of aliphatic hydroxyl groups is 2. The number of ketones is 1. The number of rotatable bonds is 4. The molecule has 8 atom stereocenters. The van der Waals surface area contributed by atoms with Crippen LogP contribution in [0.15, 0.2) is 24.3 Å². The first-order valence-electron chi connectivity index (χ1n) is 14.3. The summed E-state index contributed by atoms with van der Waals surface area (Å²) in [6, 6.07) is 7.08. The molecule has 2 N–H and O–H groups in total. The SMILES string of the molecule is CCOC(=O)c1ccc(C#C[C@@]2(O)CC[C@@]3(C)[C@H](CC[C@@H]4[C@@H]3CC[C@]3(C)[C@@H](C(=O)CO)CC[C@@H]43)C2)cc1. The summed E-state index contributed by atoms with van der Waals surface area (Å²) in [6.45, 7) is 6.59. The van der Waals surface area contributed by atoms with Crippen molar-refractivity contribution >= 4 is 11.8 Å². The summed E-state index contributed by atoms with van der Waals surface area (Å²) in [4.78, 5) is 24.4. The lowest BCUT2D eigenvalue weighted by Gasteiger charge is -2.61. The first-order chi connectivity index (χ1) is 17.6. The Hall–Kier alpha value is -2.16. The third-order valence-electron chi connectivity index (χ3n) is 11.1. The molecule has 37 heavy (non-hydrogen) atoms. The highest BCUT2D eigenvalue weighted by molar-refractivity contribution is 5.89. The first-order valence-corrected chi connectivity index (χ1v) is 14.3. The maximum absolute atomic E-state index is 12.5. The number of esters is 1. The molecule has 0 radical (unpaired) electrons. The fourth-order valence-electron chi connectivity index (χ4n) is 9.09. The summed E-state index contributed by atoms with van der Waals surface area (Å²) in [6.07, 6.45) is 8.93. The Kier molecular flexibility index (Phi) is 7.05. The predicted octanol–water partition coefficient (Wildman–Crippen LogP) is 5.17. The highest BCUT2D eigenvalue weighted by Crippen LogP contribution is 2.68. The first kappa shape index (κ1) is 26.4. The van der Waals surface area contributed by atoms with Gasteiger partial charge in [-0.1, -0.05) is 25.7 Å². The molecule has 5 nitrogen and oxygen atoms in total. The van der Waals surface area contributed by atoms with Gasteiger partial charge in [0.25, 0.3) is 0 Å². The Morgan fingerprint density at radius 1 is 0.973 bits per heavy atom. The molecule has 5 rings (SSSR count). The van der Waals surface area contributed by atoms with Crippen LogP contribution >= 0.6 is 0 Å². The predicted molar refractivity (Wildman–Crippen MR) is 142 cm³/mol. The molecule has 4 saturated carbocycles. The van der Waals surface area contributed by atoms with Crippen LogP contribution in [0.25, 0.3) is 0 Å². The zero-order valence-corrected chi connectivity index (χ0v) is 22.6. The summed E-state index contributed by atoms with van der Waals surface area (Å²) in [7, 11) is 0. The van der Waals surface area contributed by atoms with E-state index < -0.39 is 5.60 Å². The molecule has 4 aliphatic carbocycles. The Bertz CT molecular complexity index is 1100. The number of benzene rings is 1. The van der Waals surface area contributed by atoms with E-state index in [-0.39, 0.29) is 35.1 Å². The number of fused-ring (bicyclic) bond motifs is 5. The van der Waals surface area contributed by atoms with Gasteiger partial charge in [-0.05, 0) is 123 Å². The van der Waals surface area contributed by atoms with Crippen molar-refractivity contribution in [2.24, 2.45) is 40.4 Å². The third kappa shape index (κ3) is 4.55. The zero-order valence-electron chi connectivity index (χ0n) is 22.6. The van der Waals surface area contributed by atoms with E-state index in [0.29, 0.717) is 48.7 Å². The monoisotopic (exact) mass is 506 g/mol. The minimum Gasteiger partial charge on any atom is -0.462 e. The van der Waals surface area contributed by atoms with Crippen LogP contribution in [0, 0.1) is 52.3 Å². The molecular weight excluding hydrogens is 464 g/mol. The molecule has 0 aliphatic heterocycles. The van der Waals surface area contributed by atoms with Gasteiger partial charge < -0.3 is 14.9 Å². The maximum atomic E-state index is 12.5. The number of carbonyl (C=O) groups is 2. The molecule has 0 spiro atoms. The highest BCUT2D eigenvalue weighted by Gasteiger charge is 2.61. The van der Waals surface area contributed by atoms with Crippen LogP contribution in [0.2, 0.25) is 0 Å². The Morgan fingerprint density at radius 3 is 2.41 bits per heavy atom. The van der Waals surface area contributed by atoms with Crippen molar-refractivity contribution in [1.29, 1.82) is 0 Å². The quantitative estimate of drug-likeness (QED) is 0.435. The van der Waals surface area contributed by atoms with Crippen LogP contribution in [0.1, 0.15) is 94.5 Å². The molecular formula is C32H42O5. The number of hydrogen-bond acceptors (Lipinski definition) is 5. The average molecular weight is 507 g/mol. The summed E-state index contributed by atoms with van der Waals surface area (Å²) in [5, 5.41) is 21.0. The van der Waals surface area contributed by atoms with E-state index in [4.69, 9.17) is 4.74 Å². The number of Topliss-reactive ketones (excluding diaryl/α,β-unsaturated/α-hetero) is 1. The van der Waals surface area contributed by atoms with Gasteiger partial charge >= 0.3 is 5.97 Å². The molecule has 0 aromatic heterocycles. The van der Waals surface area contributed by atoms with Gasteiger partial charge in [-0.3, -0.25) is 4.79 Å². The second kappa shape index (κ2) is 9.86. The maximum Gasteiger partial charge on any atom is 0.338 e. The lowest BCUT2D eigenvalue weighted by atomic mass is 9.44. The molecule has 0 heterocycles.